The third kappa shape index (κ3) is 1.82. The van der Waals surface area contributed by atoms with Crippen molar-refractivity contribution < 1.29 is 8.42 Å². The van der Waals surface area contributed by atoms with Gasteiger partial charge in [0.25, 0.3) is 0 Å². The molecule has 0 unspecified atom stereocenters. The summed E-state index contributed by atoms with van der Waals surface area (Å²) in [6.07, 6.45) is 1.27. The van der Waals surface area contributed by atoms with Crippen LogP contribution < -0.4 is 0 Å². The molecule has 0 aromatic heterocycles. The summed E-state index contributed by atoms with van der Waals surface area (Å²) in [6.45, 7) is 7.60. The van der Waals surface area contributed by atoms with Crippen molar-refractivity contribution in [2.24, 2.45) is 0 Å². The van der Waals surface area contributed by atoms with Crippen LogP contribution >= 0.6 is 0 Å². The maximum absolute atomic E-state index is 11.6. The Morgan fingerprint density at radius 1 is 0.929 bits per heavy atom. The molecule has 0 bridgehead atoms. The highest BCUT2D eigenvalue weighted by atomic mass is 32.2. The molecular weight excluding hydrogens is 196 g/mol. The number of sulfone groups is 1. The van der Waals surface area contributed by atoms with Crippen LogP contribution in [0.1, 0.15) is 22.3 Å². The minimum Gasteiger partial charge on any atom is -0.224 e. The molecule has 78 valence electrons. The summed E-state index contributed by atoms with van der Waals surface area (Å²) in [5, 5.41) is 0. The Kier molecular flexibility index (Phi) is 2.72. The van der Waals surface area contributed by atoms with Gasteiger partial charge < -0.3 is 0 Å². The van der Waals surface area contributed by atoms with Gasteiger partial charge in [0.1, 0.15) is 0 Å². The number of hydrogen-bond donors (Lipinski definition) is 0. The predicted molar refractivity (Wildman–Crippen MR) is 58.5 cm³/mol. The van der Waals surface area contributed by atoms with Crippen LogP contribution in [0.15, 0.2) is 11.0 Å². The van der Waals surface area contributed by atoms with Crippen molar-refractivity contribution in [3.63, 3.8) is 0 Å². The molecule has 1 rings (SSSR count). The van der Waals surface area contributed by atoms with Gasteiger partial charge in [-0.3, -0.25) is 0 Å². The second-order valence-corrected chi connectivity index (χ2v) is 5.81. The molecule has 14 heavy (non-hydrogen) atoms. The van der Waals surface area contributed by atoms with E-state index in [1.165, 1.54) is 6.26 Å². The van der Waals surface area contributed by atoms with Crippen molar-refractivity contribution >= 4 is 9.84 Å². The van der Waals surface area contributed by atoms with Crippen LogP contribution in [-0.2, 0) is 9.84 Å². The second kappa shape index (κ2) is 3.39. The number of benzene rings is 1. The SMILES string of the molecule is Cc1cc(C)c(C)c(S(C)(=O)=O)c1C. The van der Waals surface area contributed by atoms with Crippen LogP contribution in [0.5, 0.6) is 0 Å². The second-order valence-electron chi connectivity index (χ2n) is 3.86. The lowest BCUT2D eigenvalue weighted by molar-refractivity contribution is 0.600. The molecule has 0 aliphatic rings. The molecule has 0 saturated heterocycles. The minimum absolute atomic E-state index is 0.495. The van der Waals surface area contributed by atoms with E-state index in [2.05, 4.69) is 0 Å². The van der Waals surface area contributed by atoms with E-state index in [0.717, 1.165) is 22.3 Å². The lowest BCUT2D eigenvalue weighted by atomic mass is 10.0. The third-order valence-electron chi connectivity index (χ3n) is 2.67. The molecule has 1 aromatic rings. The monoisotopic (exact) mass is 212 g/mol. The van der Waals surface area contributed by atoms with Gasteiger partial charge in [-0.2, -0.15) is 0 Å². The summed E-state index contributed by atoms with van der Waals surface area (Å²) < 4.78 is 23.2. The van der Waals surface area contributed by atoms with Gasteiger partial charge in [-0.05, 0) is 49.9 Å². The summed E-state index contributed by atoms with van der Waals surface area (Å²) >= 11 is 0. The molecule has 0 N–H and O–H groups in total. The van der Waals surface area contributed by atoms with Gasteiger partial charge in [0.15, 0.2) is 9.84 Å². The van der Waals surface area contributed by atoms with Gasteiger partial charge in [0.05, 0.1) is 4.90 Å². The molecule has 2 nitrogen and oxygen atoms in total. The lowest BCUT2D eigenvalue weighted by Crippen LogP contribution is -2.06. The zero-order valence-electron chi connectivity index (χ0n) is 9.30. The highest BCUT2D eigenvalue weighted by Crippen LogP contribution is 2.25. The van der Waals surface area contributed by atoms with Crippen molar-refractivity contribution in [1.29, 1.82) is 0 Å². The summed E-state index contributed by atoms with van der Waals surface area (Å²) in [7, 11) is -3.11. The largest absolute Gasteiger partial charge is 0.224 e. The van der Waals surface area contributed by atoms with Crippen LogP contribution in [0.4, 0.5) is 0 Å². The summed E-state index contributed by atoms with van der Waals surface area (Å²) in [4.78, 5) is 0.495. The molecular formula is C11H16O2S. The van der Waals surface area contributed by atoms with Gasteiger partial charge in [0.2, 0.25) is 0 Å². The van der Waals surface area contributed by atoms with Gasteiger partial charge in [-0.1, -0.05) is 6.07 Å². The van der Waals surface area contributed by atoms with Crippen LogP contribution in [0.2, 0.25) is 0 Å². The molecule has 0 spiro atoms. The Bertz CT molecular complexity index is 444. The zero-order chi connectivity index (χ0) is 11.1. The molecule has 0 fully saturated rings. The number of hydrogen-bond acceptors (Lipinski definition) is 2. The van der Waals surface area contributed by atoms with Crippen molar-refractivity contribution in [1.82, 2.24) is 0 Å². The van der Waals surface area contributed by atoms with E-state index in [1.54, 1.807) is 0 Å². The maximum Gasteiger partial charge on any atom is 0.176 e. The van der Waals surface area contributed by atoms with Crippen LogP contribution in [-0.4, -0.2) is 14.7 Å². The van der Waals surface area contributed by atoms with E-state index < -0.39 is 9.84 Å². The van der Waals surface area contributed by atoms with E-state index in [4.69, 9.17) is 0 Å². The van der Waals surface area contributed by atoms with E-state index in [1.807, 2.05) is 33.8 Å². The fourth-order valence-electron chi connectivity index (χ4n) is 1.74. The summed E-state index contributed by atoms with van der Waals surface area (Å²) in [6, 6.07) is 2.03. The Balaban J connectivity index is 3.74. The number of aryl methyl sites for hydroxylation is 2. The van der Waals surface area contributed by atoms with E-state index in [-0.39, 0.29) is 0 Å². The zero-order valence-corrected chi connectivity index (χ0v) is 10.1. The summed E-state index contributed by atoms with van der Waals surface area (Å²) in [5.41, 5.74) is 3.81. The normalized spacial score (nSPS) is 11.8. The van der Waals surface area contributed by atoms with Gasteiger partial charge in [0, 0.05) is 6.26 Å². The molecule has 0 aliphatic carbocycles. The highest BCUT2D eigenvalue weighted by molar-refractivity contribution is 7.90. The average Bonchev–Trinajstić information content (AvgIpc) is 1.98. The molecule has 3 heteroatoms. The first-order valence-electron chi connectivity index (χ1n) is 4.52. The summed E-state index contributed by atoms with van der Waals surface area (Å²) in [5.74, 6) is 0. The van der Waals surface area contributed by atoms with Crippen molar-refractivity contribution in [3.8, 4) is 0 Å². The van der Waals surface area contributed by atoms with Crippen molar-refractivity contribution in [2.45, 2.75) is 32.6 Å². The van der Waals surface area contributed by atoms with Gasteiger partial charge >= 0.3 is 0 Å². The Morgan fingerprint density at radius 3 is 1.57 bits per heavy atom. The predicted octanol–water partition coefficient (Wildman–Crippen LogP) is 2.32. The van der Waals surface area contributed by atoms with Crippen molar-refractivity contribution in [2.75, 3.05) is 6.26 Å². The Labute approximate surface area is 85.9 Å². The molecule has 0 amide bonds. The van der Waals surface area contributed by atoms with E-state index >= 15 is 0 Å². The molecule has 1 aromatic carbocycles. The fourth-order valence-corrected chi connectivity index (χ4v) is 3.17. The first-order chi connectivity index (χ1) is 6.25. The quantitative estimate of drug-likeness (QED) is 0.716. The fraction of sp³-hybridized carbons (Fsp3) is 0.455. The molecule has 0 heterocycles. The highest BCUT2D eigenvalue weighted by Gasteiger charge is 2.16. The molecule has 0 saturated carbocycles. The topological polar surface area (TPSA) is 34.1 Å². The van der Waals surface area contributed by atoms with Crippen molar-refractivity contribution in [3.05, 3.63) is 28.3 Å². The van der Waals surface area contributed by atoms with Gasteiger partial charge in [-0.25, -0.2) is 8.42 Å². The third-order valence-corrected chi connectivity index (χ3v) is 4.02. The van der Waals surface area contributed by atoms with Crippen LogP contribution in [0, 0.1) is 27.7 Å². The lowest BCUT2D eigenvalue weighted by Gasteiger charge is -2.13. The van der Waals surface area contributed by atoms with E-state index in [0.29, 0.717) is 4.90 Å². The van der Waals surface area contributed by atoms with Crippen LogP contribution in [0.3, 0.4) is 0 Å². The molecule has 0 aliphatic heterocycles. The maximum atomic E-state index is 11.6. The first-order valence-corrected chi connectivity index (χ1v) is 6.41. The number of rotatable bonds is 1. The minimum atomic E-state index is -3.11. The smallest absolute Gasteiger partial charge is 0.176 e. The molecule has 0 atom stereocenters. The standard InChI is InChI=1S/C11H16O2S/c1-7-6-8(2)10(4)11(9(7)3)14(5,12)13/h6H,1-5H3. The van der Waals surface area contributed by atoms with Crippen LogP contribution in [0.25, 0.3) is 0 Å². The van der Waals surface area contributed by atoms with Gasteiger partial charge in [-0.15, -0.1) is 0 Å². The van der Waals surface area contributed by atoms with E-state index in [9.17, 15) is 8.42 Å². The Morgan fingerprint density at radius 2 is 1.29 bits per heavy atom. The Hall–Kier alpha value is -0.830. The first kappa shape index (κ1) is 11.2. The molecule has 0 radical (unpaired) electrons. The average molecular weight is 212 g/mol.